The van der Waals surface area contributed by atoms with Crippen LogP contribution < -0.4 is 15.2 Å². The van der Waals surface area contributed by atoms with Crippen LogP contribution >= 0.6 is 0 Å². The predicted octanol–water partition coefficient (Wildman–Crippen LogP) is 5.10. The molecule has 39 heavy (non-hydrogen) atoms. The molecule has 0 radical (unpaired) electrons. The Hall–Kier alpha value is -3.34. The van der Waals surface area contributed by atoms with Gasteiger partial charge in [0.15, 0.2) is 11.5 Å². The quantitative estimate of drug-likeness (QED) is 0.221. The van der Waals surface area contributed by atoms with Gasteiger partial charge in [-0.1, -0.05) is 26.3 Å². The van der Waals surface area contributed by atoms with Crippen LogP contribution in [0.4, 0.5) is 9.59 Å². The van der Waals surface area contributed by atoms with Crippen LogP contribution in [0.3, 0.4) is 0 Å². The number of nitrogens with two attached hydrogens (primary N) is 1. The smallest absolute Gasteiger partial charge is 0.468 e. The van der Waals surface area contributed by atoms with E-state index in [4.69, 9.17) is 34.2 Å². The Bertz CT molecular complexity index is 1010. The second-order valence-corrected chi connectivity index (χ2v) is 11.4. The SMILES string of the molecule is CCC(C)CC(=O)OCC[C@@](N)(Cc1ccc(OC(=O)OC(C)(C)C)c(OC(=O)OC(C)(C)C)c1)C(=O)OC. The maximum atomic E-state index is 12.6. The molecule has 11 nitrogen and oxygen atoms in total. The van der Waals surface area contributed by atoms with Crippen LogP contribution in [0.5, 0.6) is 11.5 Å². The van der Waals surface area contributed by atoms with Crippen LogP contribution in [-0.2, 0) is 35.0 Å². The fourth-order valence-electron chi connectivity index (χ4n) is 3.21. The predicted molar refractivity (Wildman–Crippen MR) is 142 cm³/mol. The Labute approximate surface area is 230 Å². The number of carbonyl (C=O) groups is 4. The maximum absolute atomic E-state index is 12.6. The first-order valence-corrected chi connectivity index (χ1v) is 12.8. The van der Waals surface area contributed by atoms with Crippen molar-refractivity contribution in [1.29, 1.82) is 0 Å². The van der Waals surface area contributed by atoms with E-state index >= 15 is 0 Å². The lowest BCUT2D eigenvalue weighted by atomic mass is 9.88. The molecule has 2 atom stereocenters. The normalized spacial score (nSPS) is 13.9. The number of hydrogen-bond acceptors (Lipinski definition) is 11. The summed E-state index contributed by atoms with van der Waals surface area (Å²) in [6, 6.07) is 4.31. The lowest BCUT2D eigenvalue weighted by molar-refractivity contribution is -0.151. The molecule has 0 amide bonds. The fraction of sp³-hybridized carbons (Fsp3) is 0.643. The third-order valence-electron chi connectivity index (χ3n) is 5.31. The molecule has 0 aromatic heterocycles. The number of esters is 2. The van der Waals surface area contributed by atoms with Gasteiger partial charge in [0.25, 0.3) is 0 Å². The van der Waals surface area contributed by atoms with E-state index in [2.05, 4.69) is 0 Å². The lowest BCUT2D eigenvalue weighted by Crippen LogP contribution is -2.51. The van der Waals surface area contributed by atoms with E-state index in [-0.39, 0.29) is 49.3 Å². The van der Waals surface area contributed by atoms with Crippen molar-refractivity contribution in [3.63, 3.8) is 0 Å². The Kier molecular flexibility index (Phi) is 12.2. The van der Waals surface area contributed by atoms with Crippen LogP contribution in [0.2, 0.25) is 0 Å². The molecule has 1 rings (SSSR count). The summed E-state index contributed by atoms with van der Waals surface area (Å²) in [6.07, 6.45) is -1.04. The number of carbonyl (C=O) groups excluding carboxylic acids is 4. The minimum absolute atomic E-state index is 0.0235. The molecule has 2 N–H and O–H groups in total. The van der Waals surface area contributed by atoms with Crippen LogP contribution in [-0.4, -0.2) is 54.7 Å². The first-order valence-electron chi connectivity index (χ1n) is 12.8. The van der Waals surface area contributed by atoms with Crippen LogP contribution in [0.1, 0.15) is 80.2 Å². The summed E-state index contributed by atoms with van der Waals surface area (Å²) in [5, 5.41) is 0. The van der Waals surface area contributed by atoms with Gasteiger partial charge in [-0.3, -0.25) is 9.59 Å². The van der Waals surface area contributed by atoms with E-state index in [1.54, 1.807) is 47.6 Å². The zero-order valence-electron chi connectivity index (χ0n) is 24.5. The summed E-state index contributed by atoms with van der Waals surface area (Å²) in [5.74, 6) is -1.19. The highest BCUT2D eigenvalue weighted by Gasteiger charge is 2.36. The van der Waals surface area contributed by atoms with Gasteiger partial charge < -0.3 is 34.2 Å². The molecule has 11 heteroatoms. The molecule has 0 fully saturated rings. The monoisotopic (exact) mass is 553 g/mol. The second-order valence-electron chi connectivity index (χ2n) is 11.4. The largest absolute Gasteiger partial charge is 0.514 e. The average molecular weight is 554 g/mol. The molecule has 0 saturated heterocycles. The second kappa shape index (κ2) is 14.2. The zero-order chi connectivity index (χ0) is 30.0. The Morgan fingerprint density at radius 3 is 1.92 bits per heavy atom. The van der Waals surface area contributed by atoms with Gasteiger partial charge in [-0.05, 0) is 65.2 Å². The number of ether oxygens (including phenoxy) is 6. The summed E-state index contributed by atoms with van der Waals surface area (Å²) in [7, 11) is 1.20. The van der Waals surface area contributed by atoms with Gasteiger partial charge >= 0.3 is 24.2 Å². The molecule has 0 aliphatic carbocycles. The van der Waals surface area contributed by atoms with Crippen molar-refractivity contribution in [1.82, 2.24) is 0 Å². The molecule has 0 heterocycles. The Morgan fingerprint density at radius 2 is 1.44 bits per heavy atom. The van der Waals surface area contributed by atoms with Gasteiger partial charge in [0.05, 0.1) is 13.7 Å². The molecule has 0 aliphatic heterocycles. The van der Waals surface area contributed by atoms with Crippen LogP contribution in [0.25, 0.3) is 0 Å². The van der Waals surface area contributed by atoms with Gasteiger partial charge in [-0.25, -0.2) is 9.59 Å². The van der Waals surface area contributed by atoms with Crippen molar-refractivity contribution in [2.45, 2.75) is 97.8 Å². The molecule has 0 saturated carbocycles. The van der Waals surface area contributed by atoms with Crippen molar-refractivity contribution in [3.05, 3.63) is 23.8 Å². The number of benzene rings is 1. The van der Waals surface area contributed by atoms with Crippen molar-refractivity contribution < 1.29 is 47.6 Å². The molecule has 1 aromatic carbocycles. The molecule has 1 aromatic rings. The Balaban J connectivity index is 3.20. The topological polar surface area (TPSA) is 150 Å². The standard InChI is InChI=1S/C28H43NO10/c1-10-18(2)15-22(30)35-14-13-28(29,23(31)34-9)17-19-11-12-20(36-24(32)38-26(3,4)5)21(16-19)37-25(33)39-27(6,7)8/h11-12,16,18H,10,13-15,17,29H2,1-9H3/t18?,28-/m1/s1. The van der Waals surface area contributed by atoms with Gasteiger partial charge in [-0.2, -0.15) is 0 Å². The van der Waals surface area contributed by atoms with Crippen LogP contribution in [0, 0.1) is 5.92 Å². The Morgan fingerprint density at radius 1 is 0.897 bits per heavy atom. The van der Waals surface area contributed by atoms with E-state index < -0.39 is 35.0 Å². The van der Waals surface area contributed by atoms with Gasteiger partial charge in [0, 0.05) is 19.3 Å². The van der Waals surface area contributed by atoms with Crippen molar-refractivity contribution in [3.8, 4) is 11.5 Å². The van der Waals surface area contributed by atoms with Crippen molar-refractivity contribution in [2.24, 2.45) is 11.7 Å². The average Bonchev–Trinajstić information content (AvgIpc) is 2.77. The van der Waals surface area contributed by atoms with Crippen molar-refractivity contribution >= 4 is 24.2 Å². The number of rotatable bonds is 11. The summed E-state index contributed by atoms with van der Waals surface area (Å²) >= 11 is 0. The number of methoxy groups -OCH3 is 1. The minimum atomic E-state index is -1.57. The first kappa shape index (κ1) is 33.7. The highest BCUT2D eigenvalue weighted by Crippen LogP contribution is 2.32. The van der Waals surface area contributed by atoms with Gasteiger partial charge in [0.1, 0.15) is 16.7 Å². The third kappa shape index (κ3) is 12.8. The third-order valence-corrected chi connectivity index (χ3v) is 5.31. The lowest BCUT2D eigenvalue weighted by Gasteiger charge is -2.27. The van der Waals surface area contributed by atoms with Gasteiger partial charge in [-0.15, -0.1) is 0 Å². The highest BCUT2D eigenvalue weighted by atomic mass is 16.8. The summed E-state index contributed by atoms with van der Waals surface area (Å²) in [4.78, 5) is 49.3. The van der Waals surface area contributed by atoms with E-state index in [0.717, 1.165) is 6.42 Å². The molecular weight excluding hydrogens is 510 g/mol. The van der Waals surface area contributed by atoms with Crippen LogP contribution in [0.15, 0.2) is 18.2 Å². The summed E-state index contributed by atoms with van der Waals surface area (Å²) in [6.45, 7) is 13.8. The minimum Gasteiger partial charge on any atom is -0.468 e. The van der Waals surface area contributed by atoms with Crippen molar-refractivity contribution in [2.75, 3.05) is 13.7 Å². The molecule has 0 spiro atoms. The summed E-state index contributed by atoms with van der Waals surface area (Å²) in [5.41, 5.74) is 3.64. The van der Waals surface area contributed by atoms with E-state index in [1.807, 2.05) is 13.8 Å². The zero-order valence-corrected chi connectivity index (χ0v) is 24.5. The number of hydrogen-bond donors (Lipinski definition) is 1. The molecule has 0 bridgehead atoms. The first-order chi connectivity index (χ1) is 17.9. The molecular formula is C28H43NO10. The maximum Gasteiger partial charge on any atom is 0.514 e. The van der Waals surface area contributed by atoms with E-state index in [1.165, 1.54) is 19.2 Å². The molecule has 220 valence electrons. The van der Waals surface area contributed by atoms with Gasteiger partial charge in [0.2, 0.25) is 0 Å². The fourth-order valence-corrected chi connectivity index (χ4v) is 3.21. The molecule has 0 aliphatic rings. The molecule has 1 unspecified atom stereocenters. The van der Waals surface area contributed by atoms with E-state index in [0.29, 0.717) is 5.56 Å². The highest BCUT2D eigenvalue weighted by molar-refractivity contribution is 5.81. The van der Waals surface area contributed by atoms with E-state index in [9.17, 15) is 19.2 Å². The summed E-state index contributed by atoms with van der Waals surface area (Å²) < 4.78 is 31.2.